The minimum absolute atomic E-state index is 0.0628. The molecule has 0 saturated heterocycles. The zero-order chi connectivity index (χ0) is 18.8. The maximum atomic E-state index is 11.6. The largest absolute Gasteiger partial charge is 0.469 e. The molecule has 1 amide bonds. The number of rotatable bonds is 6. The van der Waals surface area contributed by atoms with Crippen LogP contribution in [-0.2, 0) is 14.3 Å². The molecule has 1 fully saturated rings. The van der Waals surface area contributed by atoms with E-state index in [-0.39, 0.29) is 11.9 Å². The van der Waals surface area contributed by atoms with E-state index in [0.717, 1.165) is 49.2 Å². The van der Waals surface area contributed by atoms with E-state index in [0.29, 0.717) is 12.3 Å². The SMILES string of the molecule is CC.COC(=O)C1CCC(CN(C)c2cc(C)ccc2NC=O)CC1. The van der Waals surface area contributed by atoms with Crippen LogP contribution in [-0.4, -0.2) is 33.1 Å². The summed E-state index contributed by atoms with van der Waals surface area (Å²) in [6.07, 6.45) is 4.58. The van der Waals surface area contributed by atoms with Crippen molar-refractivity contribution in [2.24, 2.45) is 11.8 Å². The van der Waals surface area contributed by atoms with E-state index < -0.39 is 0 Å². The van der Waals surface area contributed by atoms with Crippen molar-refractivity contribution in [2.75, 3.05) is 30.9 Å². The maximum absolute atomic E-state index is 11.6. The van der Waals surface area contributed by atoms with Crippen LogP contribution in [0.2, 0.25) is 0 Å². The van der Waals surface area contributed by atoms with Gasteiger partial charge in [-0.25, -0.2) is 0 Å². The Morgan fingerprint density at radius 1 is 1.28 bits per heavy atom. The number of aryl methyl sites for hydroxylation is 1. The number of hydrogen-bond acceptors (Lipinski definition) is 4. The van der Waals surface area contributed by atoms with Gasteiger partial charge >= 0.3 is 5.97 Å². The van der Waals surface area contributed by atoms with Crippen LogP contribution in [0, 0.1) is 18.8 Å². The zero-order valence-electron chi connectivity index (χ0n) is 16.2. The average molecular weight is 348 g/mol. The van der Waals surface area contributed by atoms with Crippen molar-refractivity contribution in [1.82, 2.24) is 0 Å². The molecule has 1 aliphatic carbocycles. The number of nitrogens with zero attached hydrogens (tertiary/aromatic N) is 1. The molecule has 0 bridgehead atoms. The number of hydrogen-bond donors (Lipinski definition) is 1. The predicted molar refractivity (Wildman–Crippen MR) is 103 cm³/mol. The lowest BCUT2D eigenvalue weighted by Crippen LogP contribution is -2.31. The number of nitrogens with one attached hydrogen (secondary N) is 1. The van der Waals surface area contributed by atoms with Gasteiger partial charge in [-0.3, -0.25) is 9.59 Å². The fraction of sp³-hybridized carbons (Fsp3) is 0.600. The second-order valence-corrected chi connectivity index (χ2v) is 6.40. The number of anilines is 2. The van der Waals surface area contributed by atoms with Crippen molar-refractivity contribution >= 4 is 23.8 Å². The van der Waals surface area contributed by atoms with Crippen molar-refractivity contribution in [3.05, 3.63) is 23.8 Å². The second kappa shape index (κ2) is 10.7. The molecule has 0 radical (unpaired) electrons. The van der Waals surface area contributed by atoms with Crippen LogP contribution in [0.1, 0.15) is 45.1 Å². The highest BCUT2D eigenvalue weighted by Gasteiger charge is 2.27. The Morgan fingerprint density at radius 3 is 2.48 bits per heavy atom. The van der Waals surface area contributed by atoms with Gasteiger partial charge < -0.3 is 15.0 Å². The molecule has 5 heteroatoms. The summed E-state index contributed by atoms with van der Waals surface area (Å²) in [5.74, 6) is 0.547. The highest BCUT2D eigenvalue weighted by atomic mass is 16.5. The van der Waals surface area contributed by atoms with E-state index in [4.69, 9.17) is 4.74 Å². The summed E-state index contributed by atoms with van der Waals surface area (Å²) in [5.41, 5.74) is 3.03. The molecule has 5 nitrogen and oxygen atoms in total. The summed E-state index contributed by atoms with van der Waals surface area (Å²) in [7, 11) is 3.51. The third-order valence-corrected chi connectivity index (χ3v) is 4.69. The van der Waals surface area contributed by atoms with Gasteiger partial charge in [0.25, 0.3) is 0 Å². The molecular formula is C20H32N2O3. The number of amides is 1. The molecule has 140 valence electrons. The van der Waals surface area contributed by atoms with Crippen molar-refractivity contribution in [1.29, 1.82) is 0 Å². The molecule has 2 rings (SSSR count). The minimum Gasteiger partial charge on any atom is -0.469 e. The van der Waals surface area contributed by atoms with E-state index in [1.807, 2.05) is 32.9 Å². The Balaban J connectivity index is 0.00000151. The summed E-state index contributed by atoms with van der Waals surface area (Å²) < 4.78 is 4.84. The van der Waals surface area contributed by atoms with Crippen molar-refractivity contribution in [3.8, 4) is 0 Å². The van der Waals surface area contributed by atoms with E-state index in [1.54, 1.807) is 0 Å². The molecule has 1 aliphatic rings. The van der Waals surface area contributed by atoms with Gasteiger partial charge in [-0.1, -0.05) is 19.9 Å². The second-order valence-electron chi connectivity index (χ2n) is 6.40. The van der Waals surface area contributed by atoms with E-state index in [1.165, 1.54) is 7.11 Å². The monoisotopic (exact) mass is 348 g/mol. The van der Waals surface area contributed by atoms with Crippen molar-refractivity contribution in [3.63, 3.8) is 0 Å². The van der Waals surface area contributed by atoms with Crippen molar-refractivity contribution < 1.29 is 14.3 Å². The van der Waals surface area contributed by atoms with Gasteiger partial charge in [0.2, 0.25) is 6.41 Å². The zero-order valence-corrected chi connectivity index (χ0v) is 16.2. The lowest BCUT2D eigenvalue weighted by atomic mass is 9.82. The molecule has 0 spiro atoms. The summed E-state index contributed by atoms with van der Waals surface area (Å²) in [6.45, 7) is 6.97. The Labute approximate surface area is 151 Å². The molecule has 1 N–H and O–H groups in total. The maximum Gasteiger partial charge on any atom is 0.308 e. The number of benzene rings is 1. The molecule has 0 heterocycles. The van der Waals surface area contributed by atoms with E-state index in [2.05, 4.69) is 23.3 Å². The van der Waals surface area contributed by atoms with Gasteiger partial charge in [0, 0.05) is 13.6 Å². The topological polar surface area (TPSA) is 58.6 Å². The average Bonchev–Trinajstić information content (AvgIpc) is 2.65. The predicted octanol–water partition coefficient (Wildman–Crippen LogP) is 4.01. The number of carbonyl (C=O) groups excluding carboxylic acids is 2. The number of ether oxygens (including phenoxy) is 1. The number of methoxy groups -OCH3 is 1. The first kappa shape index (κ1) is 21.0. The number of carbonyl (C=O) groups is 2. The molecule has 0 atom stereocenters. The van der Waals surface area contributed by atoms with Crippen molar-refractivity contribution in [2.45, 2.75) is 46.5 Å². The standard InChI is InChI=1S/C18H26N2O3.C2H6/c1-13-4-9-16(19-12-21)17(10-13)20(2)11-14-5-7-15(8-6-14)18(22)23-3;1-2/h4,9-10,12,14-15H,5-8,11H2,1-3H3,(H,19,21);1-2H3. The summed E-state index contributed by atoms with van der Waals surface area (Å²) in [6, 6.07) is 6.01. The van der Waals surface area contributed by atoms with Crippen LogP contribution in [0.5, 0.6) is 0 Å². The van der Waals surface area contributed by atoms with E-state index >= 15 is 0 Å². The molecule has 1 aromatic rings. The first-order valence-corrected chi connectivity index (χ1v) is 9.15. The van der Waals surface area contributed by atoms with Gasteiger partial charge in [0.05, 0.1) is 24.4 Å². The lowest BCUT2D eigenvalue weighted by molar-refractivity contribution is -0.146. The van der Waals surface area contributed by atoms with Gasteiger partial charge in [-0.15, -0.1) is 0 Å². The van der Waals surface area contributed by atoms with Gasteiger partial charge in [0.15, 0.2) is 0 Å². The van der Waals surface area contributed by atoms with E-state index in [9.17, 15) is 9.59 Å². The first-order valence-electron chi connectivity index (χ1n) is 9.15. The van der Waals surface area contributed by atoms with Crippen LogP contribution in [0.15, 0.2) is 18.2 Å². The van der Waals surface area contributed by atoms with Gasteiger partial charge in [-0.05, 0) is 56.2 Å². The highest BCUT2D eigenvalue weighted by molar-refractivity contribution is 5.81. The smallest absolute Gasteiger partial charge is 0.308 e. The molecule has 1 saturated carbocycles. The molecule has 0 aromatic heterocycles. The molecule has 25 heavy (non-hydrogen) atoms. The normalized spacial score (nSPS) is 19.2. The van der Waals surface area contributed by atoms with Crippen LogP contribution in [0.3, 0.4) is 0 Å². The Kier molecular flexibility index (Phi) is 9.03. The summed E-state index contributed by atoms with van der Waals surface area (Å²) >= 11 is 0. The molecule has 1 aromatic carbocycles. The first-order chi connectivity index (χ1) is 12.0. The third-order valence-electron chi connectivity index (χ3n) is 4.69. The Bertz CT molecular complexity index is 552. The van der Waals surface area contributed by atoms with Crippen LogP contribution < -0.4 is 10.2 Å². The quantitative estimate of drug-likeness (QED) is 0.623. The van der Waals surface area contributed by atoms with Crippen LogP contribution in [0.25, 0.3) is 0 Å². The number of esters is 1. The molecular weight excluding hydrogens is 316 g/mol. The third kappa shape index (κ3) is 6.07. The van der Waals surface area contributed by atoms with Gasteiger partial charge in [-0.2, -0.15) is 0 Å². The molecule has 0 aliphatic heterocycles. The fourth-order valence-corrected chi connectivity index (χ4v) is 3.38. The highest BCUT2D eigenvalue weighted by Crippen LogP contribution is 2.32. The Morgan fingerprint density at radius 2 is 1.92 bits per heavy atom. The molecule has 0 unspecified atom stereocenters. The summed E-state index contributed by atoms with van der Waals surface area (Å²) in [5, 5.41) is 2.77. The Hall–Kier alpha value is -2.04. The summed E-state index contributed by atoms with van der Waals surface area (Å²) in [4.78, 5) is 24.6. The lowest BCUT2D eigenvalue weighted by Gasteiger charge is -2.32. The van der Waals surface area contributed by atoms with Crippen LogP contribution in [0.4, 0.5) is 11.4 Å². The van der Waals surface area contributed by atoms with Crippen LogP contribution >= 0.6 is 0 Å². The fourth-order valence-electron chi connectivity index (χ4n) is 3.38. The van der Waals surface area contributed by atoms with Gasteiger partial charge in [0.1, 0.15) is 0 Å². The minimum atomic E-state index is -0.0760.